The van der Waals surface area contributed by atoms with Crippen LogP contribution in [-0.4, -0.2) is 52.5 Å². The molecule has 132 valence electrons. The van der Waals surface area contributed by atoms with Crippen LogP contribution in [0.1, 0.15) is 46.5 Å². The van der Waals surface area contributed by atoms with Gasteiger partial charge in [0.1, 0.15) is 11.2 Å². The van der Waals surface area contributed by atoms with Gasteiger partial charge in [-0.25, -0.2) is 9.78 Å². The first-order valence-corrected chi connectivity index (χ1v) is 8.41. The monoisotopic (exact) mass is 330 g/mol. The van der Waals surface area contributed by atoms with Crippen LogP contribution in [0.25, 0.3) is 0 Å². The summed E-state index contributed by atoms with van der Waals surface area (Å²) in [6, 6.07) is 0. The normalized spacial score (nSPS) is 50.5. The molecule has 2 heterocycles. The minimum atomic E-state index is -1.66. The first-order chi connectivity index (χ1) is 10.8. The van der Waals surface area contributed by atoms with Crippen molar-refractivity contribution in [2.75, 3.05) is 13.2 Å². The number of hydrogen-bond donors (Lipinski definition) is 2. The van der Waals surface area contributed by atoms with Gasteiger partial charge < -0.3 is 19.7 Å². The molecule has 2 saturated heterocycles. The Kier molecular flexibility index (Phi) is 4.21. The molecule has 1 spiro atoms. The molecular weight excluding hydrogens is 304 g/mol. The zero-order chi connectivity index (χ0) is 16.9. The zero-order valence-corrected chi connectivity index (χ0v) is 13.9. The summed E-state index contributed by atoms with van der Waals surface area (Å²) in [4.78, 5) is 23.2. The number of rotatable bonds is 2. The minimum Gasteiger partial charge on any atom is -0.432 e. The van der Waals surface area contributed by atoms with Crippen molar-refractivity contribution >= 4 is 5.97 Å². The molecule has 0 amide bonds. The zero-order valence-electron chi connectivity index (χ0n) is 13.9. The van der Waals surface area contributed by atoms with Gasteiger partial charge in [-0.2, -0.15) is 0 Å². The molecule has 1 saturated carbocycles. The number of hydrogen-bond acceptors (Lipinski definition) is 7. The van der Waals surface area contributed by atoms with Crippen LogP contribution in [0.3, 0.4) is 0 Å². The van der Waals surface area contributed by atoms with Crippen LogP contribution < -0.4 is 0 Å². The molecule has 1 aliphatic carbocycles. The summed E-state index contributed by atoms with van der Waals surface area (Å²) in [5, 5.41) is 23.0. The van der Waals surface area contributed by atoms with Gasteiger partial charge in [0.15, 0.2) is 0 Å². The third-order valence-electron chi connectivity index (χ3n) is 5.98. The Morgan fingerprint density at radius 2 is 2.00 bits per heavy atom. The van der Waals surface area contributed by atoms with Gasteiger partial charge in [0.05, 0.1) is 12.5 Å². The van der Waals surface area contributed by atoms with E-state index in [1.165, 1.54) is 0 Å². The van der Waals surface area contributed by atoms with E-state index in [4.69, 9.17) is 19.2 Å². The molecule has 2 N–H and O–H groups in total. The van der Waals surface area contributed by atoms with Gasteiger partial charge in [0, 0.05) is 6.61 Å². The highest BCUT2D eigenvalue weighted by molar-refractivity contribution is 5.75. The molecule has 2 aliphatic heterocycles. The molecule has 23 heavy (non-hydrogen) atoms. The molecule has 0 radical (unpaired) electrons. The van der Waals surface area contributed by atoms with Gasteiger partial charge in [-0.05, 0) is 45.4 Å². The van der Waals surface area contributed by atoms with Gasteiger partial charge in [0.25, 0.3) is 0 Å². The average Bonchev–Trinajstić information content (AvgIpc) is 2.70. The Bertz CT molecular complexity index is 483. The van der Waals surface area contributed by atoms with Crippen LogP contribution in [0.2, 0.25) is 0 Å². The van der Waals surface area contributed by atoms with Crippen molar-refractivity contribution in [1.82, 2.24) is 0 Å². The molecule has 0 unspecified atom stereocenters. The second-order valence-corrected chi connectivity index (χ2v) is 6.98. The number of cyclic esters (lactones) is 1. The maximum Gasteiger partial charge on any atom is 0.314 e. The smallest absolute Gasteiger partial charge is 0.314 e. The fraction of sp³-hybridized carbons (Fsp3) is 0.938. The highest BCUT2D eigenvalue weighted by Gasteiger charge is 2.78. The minimum absolute atomic E-state index is 0.156. The summed E-state index contributed by atoms with van der Waals surface area (Å²) in [6.07, 6.45) is 0.630. The summed E-state index contributed by atoms with van der Waals surface area (Å²) >= 11 is 0. The predicted octanol–water partition coefficient (Wildman–Crippen LogP) is 0.915. The lowest BCUT2D eigenvalue weighted by atomic mass is 9.53. The Morgan fingerprint density at radius 3 is 2.70 bits per heavy atom. The molecule has 3 fully saturated rings. The highest BCUT2D eigenvalue weighted by atomic mass is 17.2. The van der Waals surface area contributed by atoms with E-state index in [2.05, 4.69) is 0 Å². The van der Waals surface area contributed by atoms with E-state index in [-0.39, 0.29) is 12.5 Å². The van der Waals surface area contributed by atoms with E-state index in [9.17, 15) is 15.0 Å². The maximum atomic E-state index is 12.2. The average molecular weight is 330 g/mol. The molecule has 0 aromatic carbocycles. The van der Waals surface area contributed by atoms with Gasteiger partial charge in [-0.1, -0.05) is 6.92 Å². The Morgan fingerprint density at radius 1 is 1.26 bits per heavy atom. The van der Waals surface area contributed by atoms with Gasteiger partial charge in [0.2, 0.25) is 11.9 Å². The van der Waals surface area contributed by atoms with Crippen LogP contribution in [0.4, 0.5) is 0 Å². The van der Waals surface area contributed by atoms with Crippen molar-refractivity contribution in [2.24, 2.45) is 11.8 Å². The van der Waals surface area contributed by atoms with Crippen LogP contribution in [0.15, 0.2) is 0 Å². The number of carbonyl (C=O) groups is 1. The summed E-state index contributed by atoms with van der Waals surface area (Å²) in [6.45, 7) is 5.81. The predicted molar refractivity (Wildman–Crippen MR) is 78.0 cm³/mol. The first kappa shape index (κ1) is 17.1. The van der Waals surface area contributed by atoms with Crippen molar-refractivity contribution in [3.8, 4) is 0 Å². The van der Waals surface area contributed by atoms with Crippen molar-refractivity contribution in [2.45, 2.75) is 69.5 Å². The molecular formula is C16H26O7. The van der Waals surface area contributed by atoms with Crippen LogP contribution in [-0.2, 0) is 24.0 Å². The molecule has 6 atom stereocenters. The molecule has 0 aromatic heterocycles. The van der Waals surface area contributed by atoms with Gasteiger partial charge in [-0.15, -0.1) is 0 Å². The van der Waals surface area contributed by atoms with Crippen molar-refractivity contribution in [1.29, 1.82) is 0 Å². The second kappa shape index (κ2) is 5.67. The number of ether oxygens (including phenoxy) is 2. The van der Waals surface area contributed by atoms with E-state index in [1.807, 2.05) is 6.92 Å². The van der Waals surface area contributed by atoms with Gasteiger partial charge in [-0.3, -0.25) is 4.79 Å². The fourth-order valence-electron chi connectivity index (χ4n) is 4.49. The molecule has 3 aliphatic rings. The summed E-state index contributed by atoms with van der Waals surface area (Å²) in [7, 11) is 0. The maximum absolute atomic E-state index is 12.2. The largest absolute Gasteiger partial charge is 0.432 e. The van der Waals surface area contributed by atoms with Gasteiger partial charge >= 0.3 is 5.97 Å². The Hall–Kier alpha value is -0.730. The number of carbonyl (C=O) groups excluding carboxylic acids is 1. The van der Waals surface area contributed by atoms with Crippen molar-refractivity contribution < 1.29 is 34.3 Å². The number of aliphatic hydroxyl groups is 2. The van der Waals surface area contributed by atoms with Crippen LogP contribution in [0, 0.1) is 11.8 Å². The van der Waals surface area contributed by atoms with E-state index in [0.29, 0.717) is 32.3 Å². The Balaban J connectivity index is 2.20. The topological polar surface area (TPSA) is 94.5 Å². The SMILES string of the molecule is CCO[C@H]1OC(=O)[C@H](C)[C@]2(O)CC[C@@H](C)[C@]3(O)CCCOO[C@]132. The van der Waals surface area contributed by atoms with E-state index in [1.54, 1.807) is 13.8 Å². The molecule has 0 aromatic rings. The lowest BCUT2D eigenvalue weighted by molar-refractivity contribution is -0.483. The Labute approximate surface area is 135 Å². The third-order valence-corrected chi connectivity index (χ3v) is 5.98. The van der Waals surface area contributed by atoms with Crippen LogP contribution >= 0.6 is 0 Å². The van der Waals surface area contributed by atoms with E-state index in [0.717, 1.165) is 0 Å². The van der Waals surface area contributed by atoms with Crippen molar-refractivity contribution in [3.63, 3.8) is 0 Å². The van der Waals surface area contributed by atoms with Crippen molar-refractivity contribution in [3.05, 3.63) is 0 Å². The molecule has 7 heteroatoms. The van der Waals surface area contributed by atoms with Crippen LogP contribution in [0.5, 0.6) is 0 Å². The summed E-state index contributed by atoms with van der Waals surface area (Å²) < 4.78 is 11.0. The van der Waals surface area contributed by atoms with E-state index < -0.39 is 35.0 Å². The lowest BCUT2D eigenvalue weighted by Gasteiger charge is -2.63. The molecule has 0 bridgehead atoms. The fourth-order valence-corrected chi connectivity index (χ4v) is 4.49. The molecule has 7 nitrogen and oxygen atoms in total. The highest BCUT2D eigenvalue weighted by Crippen LogP contribution is 2.59. The number of esters is 1. The summed E-state index contributed by atoms with van der Waals surface area (Å²) in [5.74, 6) is -1.56. The third kappa shape index (κ3) is 2.04. The lowest BCUT2D eigenvalue weighted by Crippen LogP contribution is -2.83. The van der Waals surface area contributed by atoms with E-state index >= 15 is 0 Å². The second-order valence-electron chi connectivity index (χ2n) is 6.98. The quantitative estimate of drug-likeness (QED) is 0.574. The molecule has 3 rings (SSSR count). The first-order valence-electron chi connectivity index (χ1n) is 8.41. The standard InChI is InChI=1S/C16H26O7/c1-4-20-13-16-14(18,7-5-9-21-23-16)10(2)6-8-15(16,19)11(3)12(17)22-13/h10-11,13,18-19H,4-9H2,1-3H3/t10-,11+,13+,14-,15-,16-/m1/s1. The summed E-state index contributed by atoms with van der Waals surface area (Å²) in [5.41, 5.74) is -4.68.